The lowest BCUT2D eigenvalue weighted by Crippen LogP contribution is -2.39. The smallest absolute Gasteiger partial charge is 0.225 e. The molecule has 0 saturated carbocycles. The Labute approximate surface area is 131 Å². The Kier molecular flexibility index (Phi) is 4.55. The highest BCUT2D eigenvalue weighted by atomic mass is 32.2. The summed E-state index contributed by atoms with van der Waals surface area (Å²) in [5.74, 6) is 1.57. The third-order valence-electron chi connectivity index (χ3n) is 4.39. The molecule has 1 fully saturated rings. The number of hydrogen-bond acceptors (Lipinski definition) is 3. The first-order valence-corrected chi connectivity index (χ1v) is 8.90. The van der Waals surface area contributed by atoms with Crippen LogP contribution in [0.5, 0.6) is 0 Å². The van der Waals surface area contributed by atoms with E-state index in [0.717, 1.165) is 19.5 Å². The highest BCUT2D eigenvalue weighted by Crippen LogP contribution is 2.36. The minimum Gasteiger partial charge on any atom is -0.341 e. The number of fused-ring (bicyclic) bond motifs is 1. The van der Waals surface area contributed by atoms with E-state index in [1.54, 1.807) is 0 Å². The number of thioether (sulfide) groups is 1. The van der Waals surface area contributed by atoms with Crippen LogP contribution in [-0.4, -0.2) is 35.7 Å². The Morgan fingerprint density at radius 3 is 2.95 bits per heavy atom. The number of likely N-dealkylation sites (tertiary alicyclic amines) is 1. The van der Waals surface area contributed by atoms with Crippen LogP contribution in [0.1, 0.15) is 38.3 Å². The maximum atomic E-state index is 12.1. The number of carbonyl (C=O) groups is 1. The number of carbonyl (C=O) groups excluding carboxylic acids is 1. The van der Waals surface area contributed by atoms with Crippen molar-refractivity contribution in [2.75, 3.05) is 18.8 Å². The molecular weight excluding hydrogens is 280 g/mol. The van der Waals surface area contributed by atoms with Crippen molar-refractivity contribution in [1.82, 2.24) is 10.2 Å². The van der Waals surface area contributed by atoms with Crippen molar-refractivity contribution in [2.24, 2.45) is 5.92 Å². The zero-order chi connectivity index (χ0) is 14.8. The van der Waals surface area contributed by atoms with Gasteiger partial charge in [-0.05, 0) is 30.2 Å². The summed E-state index contributed by atoms with van der Waals surface area (Å²) in [6.45, 7) is 5.73. The third kappa shape index (κ3) is 3.27. The van der Waals surface area contributed by atoms with Gasteiger partial charge in [0.15, 0.2) is 0 Å². The summed E-state index contributed by atoms with van der Waals surface area (Å²) >= 11 is 1.96. The molecule has 3 rings (SSSR count). The maximum Gasteiger partial charge on any atom is 0.225 e. The van der Waals surface area contributed by atoms with Gasteiger partial charge in [-0.1, -0.05) is 32.0 Å². The van der Waals surface area contributed by atoms with E-state index in [2.05, 4.69) is 29.6 Å². The van der Waals surface area contributed by atoms with Crippen molar-refractivity contribution in [3.8, 4) is 0 Å². The van der Waals surface area contributed by atoms with Crippen LogP contribution in [0.3, 0.4) is 0 Å². The Balaban J connectivity index is 1.63. The summed E-state index contributed by atoms with van der Waals surface area (Å²) < 4.78 is 0. The normalized spacial score (nSPS) is 25.2. The minimum atomic E-state index is 0.107. The summed E-state index contributed by atoms with van der Waals surface area (Å²) in [6.07, 6.45) is 2.25. The van der Waals surface area contributed by atoms with E-state index in [0.29, 0.717) is 18.0 Å². The molecule has 1 aromatic rings. The molecule has 1 amide bonds. The molecule has 3 nitrogen and oxygen atoms in total. The summed E-state index contributed by atoms with van der Waals surface area (Å²) in [4.78, 5) is 15.5. The largest absolute Gasteiger partial charge is 0.341 e. The first kappa shape index (κ1) is 14.9. The molecule has 114 valence electrons. The second-order valence-electron chi connectivity index (χ2n) is 6.32. The van der Waals surface area contributed by atoms with Gasteiger partial charge in [-0.2, -0.15) is 0 Å². The molecule has 4 heteroatoms. The number of rotatable bonds is 3. The van der Waals surface area contributed by atoms with Crippen molar-refractivity contribution in [2.45, 2.75) is 43.7 Å². The predicted octanol–water partition coefficient (Wildman–Crippen LogP) is 3.07. The van der Waals surface area contributed by atoms with E-state index in [1.807, 2.05) is 30.5 Å². The number of nitrogens with one attached hydrogen (secondary N) is 1. The van der Waals surface area contributed by atoms with Crippen LogP contribution in [-0.2, 0) is 4.79 Å². The molecule has 0 spiro atoms. The summed E-state index contributed by atoms with van der Waals surface area (Å²) in [7, 11) is 0. The Bertz CT molecular complexity index is 517. The molecule has 0 radical (unpaired) electrons. The molecular formula is C17H24N2OS. The number of amides is 1. The van der Waals surface area contributed by atoms with Gasteiger partial charge in [0.1, 0.15) is 0 Å². The minimum absolute atomic E-state index is 0.107. The number of benzene rings is 1. The van der Waals surface area contributed by atoms with Crippen LogP contribution in [0, 0.1) is 5.92 Å². The average Bonchev–Trinajstić information content (AvgIpc) is 2.95. The molecule has 2 aliphatic rings. The van der Waals surface area contributed by atoms with E-state index >= 15 is 0 Å². The SMILES string of the molecule is CC(C)C(=O)N1CCC(NC2CCSc3ccccc32)C1. The highest BCUT2D eigenvalue weighted by molar-refractivity contribution is 7.99. The first-order valence-electron chi connectivity index (χ1n) is 7.91. The second-order valence-corrected chi connectivity index (χ2v) is 7.46. The van der Waals surface area contributed by atoms with Crippen LogP contribution in [0.15, 0.2) is 29.2 Å². The summed E-state index contributed by atoms with van der Waals surface area (Å²) in [5, 5.41) is 3.79. The van der Waals surface area contributed by atoms with E-state index in [9.17, 15) is 4.79 Å². The molecule has 0 aliphatic carbocycles. The lowest BCUT2D eigenvalue weighted by molar-refractivity contribution is -0.133. The Hall–Kier alpha value is -1.00. The predicted molar refractivity (Wildman–Crippen MR) is 87.5 cm³/mol. The van der Waals surface area contributed by atoms with Crippen LogP contribution in [0.4, 0.5) is 0 Å². The molecule has 1 aromatic carbocycles. The van der Waals surface area contributed by atoms with Crippen molar-refractivity contribution in [3.05, 3.63) is 29.8 Å². The van der Waals surface area contributed by atoms with Crippen molar-refractivity contribution in [3.63, 3.8) is 0 Å². The molecule has 0 bridgehead atoms. The zero-order valence-electron chi connectivity index (χ0n) is 12.8. The molecule has 1 saturated heterocycles. The zero-order valence-corrected chi connectivity index (χ0v) is 13.7. The molecule has 1 N–H and O–H groups in total. The molecule has 2 unspecified atom stereocenters. The lowest BCUT2D eigenvalue weighted by Gasteiger charge is -2.29. The lowest BCUT2D eigenvalue weighted by atomic mass is 10.0. The standard InChI is InChI=1S/C17H24N2OS/c1-12(2)17(20)19-9-7-13(11-19)18-15-8-10-21-16-6-4-3-5-14(15)16/h3-6,12-13,15,18H,7-11H2,1-2H3. The van der Waals surface area contributed by atoms with Crippen molar-refractivity contribution < 1.29 is 4.79 Å². The fourth-order valence-corrected chi connectivity index (χ4v) is 4.39. The van der Waals surface area contributed by atoms with E-state index in [1.165, 1.54) is 22.6 Å². The molecule has 2 aliphatic heterocycles. The van der Waals surface area contributed by atoms with Crippen LogP contribution in [0.2, 0.25) is 0 Å². The van der Waals surface area contributed by atoms with Crippen LogP contribution in [0.25, 0.3) is 0 Å². The van der Waals surface area contributed by atoms with Gasteiger partial charge < -0.3 is 10.2 Å². The second kappa shape index (κ2) is 6.41. The molecule has 2 heterocycles. The van der Waals surface area contributed by atoms with Gasteiger partial charge in [-0.15, -0.1) is 11.8 Å². The summed E-state index contributed by atoms with van der Waals surface area (Å²) in [5.41, 5.74) is 1.43. The van der Waals surface area contributed by atoms with Gasteiger partial charge in [0.2, 0.25) is 5.91 Å². The quantitative estimate of drug-likeness (QED) is 0.931. The summed E-state index contributed by atoms with van der Waals surface area (Å²) in [6, 6.07) is 9.59. The Morgan fingerprint density at radius 2 is 2.14 bits per heavy atom. The maximum absolute atomic E-state index is 12.1. The van der Waals surface area contributed by atoms with Crippen molar-refractivity contribution in [1.29, 1.82) is 0 Å². The fraction of sp³-hybridized carbons (Fsp3) is 0.588. The highest BCUT2D eigenvalue weighted by Gasteiger charge is 2.30. The fourth-order valence-electron chi connectivity index (χ4n) is 3.26. The van der Waals surface area contributed by atoms with Gasteiger partial charge in [0, 0.05) is 36.0 Å². The number of hydrogen-bond donors (Lipinski definition) is 1. The van der Waals surface area contributed by atoms with Crippen LogP contribution < -0.4 is 5.32 Å². The van der Waals surface area contributed by atoms with E-state index in [4.69, 9.17) is 0 Å². The average molecular weight is 304 g/mol. The van der Waals surface area contributed by atoms with Gasteiger partial charge in [-0.25, -0.2) is 0 Å². The van der Waals surface area contributed by atoms with Gasteiger partial charge >= 0.3 is 0 Å². The van der Waals surface area contributed by atoms with E-state index < -0.39 is 0 Å². The van der Waals surface area contributed by atoms with Gasteiger partial charge in [0.25, 0.3) is 0 Å². The number of nitrogens with zero attached hydrogens (tertiary/aromatic N) is 1. The monoisotopic (exact) mass is 304 g/mol. The molecule has 21 heavy (non-hydrogen) atoms. The topological polar surface area (TPSA) is 32.3 Å². The van der Waals surface area contributed by atoms with E-state index in [-0.39, 0.29) is 5.92 Å². The van der Waals surface area contributed by atoms with Gasteiger partial charge in [0.05, 0.1) is 0 Å². The first-order chi connectivity index (χ1) is 10.1. The van der Waals surface area contributed by atoms with Gasteiger partial charge in [-0.3, -0.25) is 4.79 Å². The Morgan fingerprint density at radius 1 is 1.33 bits per heavy atom. The van der Waals surface area contributed by atoms with Crippen molar-refractivity contribution >= 4 is 17.7 Å². The molecule has 2 atom stereocenters. The van der Waals surface area contributed by atoms with Crippen LogP contribution >= 0.6 is 11.8 Å². The third-order valence-corrected chi connectivity index (χ3v) is 5.51. The molecule has 0 aromatic heterocycles.